The third kappa shape index (κ3) is 2.86. The highest BCUT2D eigenvalue weighted by molar-refractivity contribution is 6.09. The van der Waals surface area contributed by atoms with E-state index in [1.54, 1.807) is 6.26 Å². The fourth-order valence-corrected chi connectivity index (χ4v) is 2.97. The number of morpholine rings is 1. The zero-order chi connectivity index (χ0) is 16.4. The summed E-state index contributed by atoms with van der Waals surface area (Å²) in [6.07, 6.45) is 1.60. The minimum atomic E-state index is -0.0949. The highest BCUT2D eigenvalue weighted by Crippen LogP contribution is 2.26. The number of fused-ring (bicyclic) bond motifs is 1. The van der Waals surface area contributed by atoms with Crippen molar-refractivity contribution in [1.82, 2.24) is 5.32 Å². The van der Waals surface area contributed by atoms with E-state index in [4.69, 9.17) is 9.47 Å². The molecule has 2 aliphatic heterocycles. The van der Waals surface area contributed by atoms with E-state index in [1.165, 1.54) is 0 Å². The van der Waals surface area contributed by atoms with Crippen molar-refractivity contribution in [3.05, 3.63) is 65.9 Å². The molecule has 0 unspecified atom stereocenters. The summed E-state index contributed by atoms with van der Waals surface area (Å²) in [5, 5.41) is 2.84. The largest absolute Gasteiger partial charge is 0.463 e. The van der Waals surface area contributed by atoms with E-state index in [9.17, 15) is 4.79 Å². The average molecular weight is 322 g/mol. The first-order chi connectivity index (χ1) is 11.8. The van der Waals surface area contributed by atoms with Crippen LogP contribution in [-0.4, -0.2) is 32.2 Å². The molecule has 2 aromatic rings. The predicted molar refractivity (Wildman–Crippen MR) is 92.0 cm³/mol. The van der Waals surface area contributed by atoms with Gasteiger partial charge in [0.25, 0.3) is 5.91 Å². The minimum Gasteiger partial charge on any atom is -0.463 e. The zero-order valence-electron chi connectivity index (χ0n) is 13.2. The maximum Gasteiger partial charge on any atom is 0.256 e. The Labute approximate surface area is 140 Å². The highest BCUT2D eigenvalue weighted by atomic mass is 16.5. The first kappa shape index (κ1) is 14.8. The molecule has 2 aliphatic rings. The second-order valence-electron chi connectivity index (χ2n) is 5.75. The van der Waals surface area contributed by atoms with Gasteiger partial charge in [-0.1, -0.05) is 24.3 Å². The molecule has 122 valence electrons. The van der Waals surface area contributed by atoms with Crippen molar-refractivity contribution in [2.75, 3.05) is 31.2 Å². The summed E-state index contributed by atoms with van der Waals surface area (Å²) in [7, 11) is 0. The summed E-state index contributed by atoms with van der Waals surface area (Å²) >= 11 is 0. The van der Waals surface area contributed by atoms with Crippen molar-refractivity contribution in [2.24, 2.45) is 0 Å². The molecule has 4 rings (SSSR count). The number of hydrogen-bond acceptors (Lipinski definition) is 4. The molecule has 0 aromatic heterocycles. The molecule has 5 heteroatoms. The van der Waals surface area contributed by atoms with Gasteiger partial charge in [-0.25, -0.2) is 0 Å². The third-order valence-electron chi connectivity index (χ3n) is 4.22. The second-order valence-corrected chi connectivity index (χ2v) is 5.75. The molecule has 2 heterocycles. The molecule has 2 aromatic carbocycles. The highest BCUT2D eigenvalue weighted by Gasteiger charge is 2.23. The van der Waals surface area contributed by atoms with Crippen LogP contribution in [-0.2, 0) is 4.74 Å². The van der Waals surface area contributed by atoms with Crippen LogP contribution in [0, 0.1) is 0 Å². The topological polar surface area (TPSA) is 50.8 Å². The lowest BCUT2D eigenvalue weighted by atomic mass is 10.1. The molecule has 1 N–H and O–H groups in total. The second kappa shape index (κ2) is 6.37. The van der Waals surface area contributed by atoms with E-state index >= 15 is 0 Å². The van der Waals surface area contributed by atoms with Crippen molar-refractivity contribution in [2.45, 2.75) is 0 Å². The lowest BCUT2D eigenvalue weighted by Crippen LogP contribution is -2.36. The van der Waals surface area contributed by atoms with E-state index in [1.807, 2.05) is 42.5 Å². The summed E-state index contributed by atoms with van der Waals surface area (Å²) in [4.78, 5) is 14.2. The molecular formula is C19H18N2O3. The minimum absolute atomic E-state index is 0.0949. The van der Waals surface area contributed by atoms with Crippen LogP contribution in [0.25, 0.3) is 5.70 Å². The Bertz CT molecular complexity index is 795. The van der Waals surface area contributed by atoms with E-state index in [0.29, 0.717) is 11.3 Å². The third-order valence-corrected chi connectivity index (χ3v) is 4.22. The summed E-state index contributed by atoms with van der Waals surface area (Å²) in [6, 6.07) is 15.4. The number of nitrogens with zero attached hydrogens (tertiary/aromatic N) is 1. The van der Waals surface area contributed by atoms with Gasteiger partial charge in [0.05, 0.1) is 18.9 Å². The van der Waals surface area contributed by atoms with Crippen molar-refractivity contribution < 1.29 is 14.3 Å². The first-order valence-corrected chi connectivity index (χ1v) is 8.01. The van der Waals surface area contributed by atoms with Crippen LogP contribution in [0.15, 0.2) is 54.8 Å². The Morgan fingerprint density at radius 2 is 1.83 bits per heavy atom. The van der Waals surface area contributed by atoms with Crippen LogP contribution in [0.2, 0.25) is 0 Å². The number of hydrogen-bond donors (Lipinski definition) is 1. The Kier molecular flexibility index (Phi) is 3.92. The van der Waals surface area contributed by atoms with Crippen LogP contribution in [0.5, 0.6) is 5.75 Å². The Balaban J connectivity index is 1.53. The number of anilines is 1. The molecule has 5 nitrogen and oxygen atoms in total. The van der Waals surface area contributed by atoms with Crippen LogP contribution in [0.3, 0.4) is 0 Å². The Hall–Kier alpha value is -2.79. The summed E-state index contributed by atoms with van der Waals surface area (Å²) in [6.45, 7) is 3.26. The monoisotopic (exact) mass is 322 g/mol. The summed E-state index contributed by atoms with van der Waals surface area (Å²) < 4.78 is 11.2. The summed E-state index contributed by atoms with van der Waals surface area (Å²) in [5.41, 5.74) is 3.35. The van der Waals surface area contributed by atoms with E-state index in [-0.39, 0.29) is 5.91 Å². The van der Waals surface area contributed by atoms with Crippen LogP contribution < -0.4 is 15.0 Å². The summed E-state index contributed by atoms with van der Waals surface area (Å²) in [5.74, 6) is 0.646. The van der Waals surface area contributed by atoms with Gasteiger partial charge >= 0.3 is 0 Å². The lowest BCUT2D eigenvalue weighted by Gasteiger charge is -2.29. The van der Waals surface area contributed by atoms with Crippen molar-refractivity contribution >= 4 is 17.3 Å². The van der Waals surface area contributed by atoms with Gasteiger partial charge in [0, 0.05) is 36.0 Å². The van der Waals surface area contributed by atoms with Gasteiger partial charge in [-0.2, -0.15) is 0 Å². The van der Waals surface area contributed by atoms with Crippen LogP contribution >= 0.6 is 0 Å². The Morgan fingerprint density at radius 1 is 1.04 bits per heavy atom. The number of carbonyl (C=O) groups excluding carboxylic acids is 1. The van der Waals surface area contributed by atoms with Gasteiger partial charge in [-0.15, -0.1) is 0 Å². The molecule has 0 saturated carbocycles. The molecule has 0 aliphatic carbocycles. The quantitative estimate of drug-likeness (QED) is 0.883. The number of carbonyl (C=O) groups is 1. The smallest absolute Gasteiger partial charge is 0.256 e. The molecule has 1 amide bonds. The SMILES string of the molecule is O=C1N/C(=C\Oc2cccc(N3CCOCC3)c2)c2ccccc21. The van der Waals surface area contributed by atoms with Gasteiger partial charge in [-0.3, -0.25) is 4.79 Å². The van der Waals surface area contributed by atoms with E-state index in [2.05, 4.69) is 16.3 Å². The number of nitrogens with one attached hydrogen (secondary N) is 1. The number of ether oxygens (including phenoxy) is 2. The normalized spacial score (nSPS) is 18.4. The van der Waals surface area contributed by atoms with Crippen LogP contribution in [0.4, 0.5) is 5.69 Å². The number of benzene rings is 2. The maximum absolute atomic E-state index is 11.9. The maximum atomic E-state index is 11.9. The van der Waals surface area contributed by atoms with Crippen molar-refractivity contribution in [1.29, 1.82) is 0 Å². The van der Waals surface area contributed by atoms with Gasteiger partial charge in [0.15, 0.2) is 0 Å². The molecule has 1 saturated heterocycles. The molecule has 0 atom stereocenters. The molecule has 24 heavy (non-hydrogen) atoms. The lowest BCUT2D eigenvalue weighted by molar-refractivity contribution is 0.0980. The molecule has 1 fully saturated rings. The Morgan fingerprint density at radius 3 is 2.67 bits per heavy atom. The fraction of sp³-hybridized carbons (Fsp3) is 0.211. The van der Waals surface area contributed by atoms with Gasteiger partial charge < -0.3 is 19.7 Å². The standard InChI is InChI=1S/C19H18N2O3/c22-19-17-7-2-1-6-16(17)18(20-19)13-24-15-5-3-4-14(12-15)21-8-10-23-11-9-21/h1-7,12-13H,8-11H2,(H,20,22)/b18-13-. The van der Waals surface area contributed by atoms with Crippen molar-refractivity contribution in [3.63, 3.8) is 0 Å². The van der Waals surface area contributed by atoms with Crippen LogP contribution in [0.1, 0.15) is 15.9 Å². The van der Waals surface area contributed by atoms with Gasteiger partial charge in [-0.05, 0) is 18.2 Å². The van der Waals surface area contributed by atoms with E-state index < -0.39 is 0 Å². The molecule has 0 bridgehead atoms. The van der Waals surface area contributed by atoms with Crippen molar-refractivity contribution in [3.8, 4) is 5.75 Å². The van der Waals surface area contributed by atoms with E-state index in [0.717, 1.165) is 43.3 Å². The average Bonchev–Trinajstić information content (AvgIpc) is 2.97. The zero-order valence-corrected chi connectivity index (χ0v) is 13.2. The molecule has 0 radical (unpaired) electrons. The predicted octanol–water partition coefficient (Wildman–Crippen LogP) is 2.64. The molecule has 0 spiro atoms. The number of amides is 1. The molecular weight excluding hydrogens is 304 g/mol. The number of rotatable bonds is 3. The van der Waals surface area contributed by atoms with Gasteiger partial charge in [0.2, 0.25) is 0 Å². The first-order valence-electron chi connectivity index (χ1n) is 8.01. The van der Waals surface area contributed by atoms with Gasteiger partial charge in [0.1, 0.15) is 12.0 Å². The fourth-order valence-electron chi connectivity index (χ4n) is 2.97.